The lowest BCUT2D eigenvalue weighted by Crippen LogP contribution is -2.31. The van der Waals surface area contributed by atoms with Crippen molar-refractivity contribution in [3.63, 3.8) is 0 Å². The summed E-state index contributed by atoms with van der Waals surface area (Å²) in [6.45, 7) is 0.893. The van der Waals surface area contributed by atoms with Crippen LogP contribution in [0.1, 0.15) is 24.4 Å². The Labute approximate surface area is 98.4 Å². The van der Waals surface area contributed by atoms with Gasteiger partial charge in [0.05, 0.1) is 11.4 Å². The predicted octanol–water partition coefficient (Wildman–Crippen LogP) is 2.75. The molecule has 0 aliphatic carbocycles. The van der Waals surface area contributed by atoms with E-state index in [1.807, 2.05) is 23.1 Å². The number of hydrogen-bond donors (Lipinski definition) is 0. The zero-order chi connectivity index (χ0) is 10.7. The van der Waals surface area contributed by atoms with Crippen molar-refractivity contribution in [2.24, 2.45) is 0 Å². The van der Waals surface area contributed by atoms with Crippen molar-refractivity contribution in [2.45, 2.75) is 18.9 Å². The number of carbonyl (C=O) groups is 1. The minimum Gasteiger partial charge on any atom is -0.335 e. The number of nitrogens with zero attached hydrogens (tertiary/aromatic N) is 1. The van der Waals surface area contributed by atoms with Crippen molar-refractivity contribution < 1.29 is 4.79 Å². The van der Waals surface area contributed by atoms with E-state index in [2.05, 4.69) is 28.1 Å². The summed E-state index contributed by atoms with van der Waals surface area (Å²) >= 11 is 3.23. The monoisotopic (exact) mass is 267 g/mol. The van der Waals surface area contributed by atoms with E-state index in [9.17, 15) is 4.79 Å². The molecule has 1 aromatic rings. The zero-order valence-electron chi connectivity index (χ0n) is 8.53. The highest BCUT2D eigenvalue weighted by Gasteiger charge is 2.28. The topological polar surface area (TPSA) is 20.3 Å². The number of hydrogen-bond acceptors (Lipinski definition) is 1. The minimum absolute atomic E-state index is 0.196. The minimum atomic E-state index is 0.196. The van der Waals surface area contributed by atoms with Gasteiger partial charge in [0, 0.05) is 6.54 Å². The van der Waals surface area contributed by atoms with Gasteiger partial charge in [0.2, 0.25) is 5.91 Å². The van der Waals surface area contributed by atoms with E-state index >= 15 is 0 Å². The highest BCUT2D eigenvalue weighted by Crippen LogP contribution is 2.31. The summed E-state index contributed by atoms with van der Waals surface area (Å²) in [5.41, 5.74) is 1.25. The predicted molar refractivity (Wildman–Crippen MR) is 63.9 cm³/mol. The van der Waals surface area contributed by atoms with Crippen LogP contribution in [0, 0.1) is 0 Å². The molecule has 1 fully saturated rings. The van der Waals surface area contributed by atoms with Gasteiger partial charge < -0.3 is 4.90 Å². The van der Waals surface area contributed by atoms with Crippen LogP contribution < -0.4 is 0 Å². The molecule has 15 heavy (non-hydrogen) atoms. The molecular formula is C12H14BrNO. The molecule has 1 amide bonds. The van der Waals surface area contributed by atoms with Crippen LogP contribution in [-0.2, 0) is 4.79 Å². The molecule has 1 aliphatic rings. The Morgan fingerprint density at radius 1 is 1.40 bits per heavy atom. The number of benzene rings is 1. The summed E-state index contributed by atoms with van der Waals surface area (Å²) in [7, 11) is 0. The molecule has 1 aliphatic heterocycles. The quantitative estimate of drug-likeness (QED) is 0.755. The fraction of sp³-hybridized carbons (Fsp3) is 0.417. The van der Waals surface area contributed by atoms with Gasteiger partial charge in [-0.2, -0.15) is 0 Å². The van der Waals surface area contributed by atoms with Crippen LogP contribution in [0.2, 0.25) is 0 Å². The largest absolute Gasteiger partial charge is 0.335 e. The fourth-order valence-electron chi connectivity index (χ4n) is 2.16. The third-order valence-electron chi connectivity index (χ3n) is 2.87. The Morgan fingerprint density at radius 3 is 2.80 bits per heavy atom. The maximum absolute atomic E-state index is 11.7. The van der Waals surface area contributed by atoms with Crippen LogP contribution in [0.15, 0.2) is 30.3 Å². The number of halogens is 1. The van der Waals surface area contributed by atoms with E-state index in [1.54, 1.807) is 0 Å². The average molecular weight is 268 g/mol. The maximum Gasteiger partial charge on any atom is 0.233 e. The lowest BCUT2D eigenvalue weighted by Gasteiger charge is -2.24. The summed E-state index contributed by atoms with van der Waals surface area (Å²) in [4.78, 5) is 13.7. The lowest BCUT2D eigenvalue weighted by atomic mass is 10.0. The molecule has 2 rings (SSSR count). The maximum atomic E-state index is 11.7. The first kappa shape index (κ1) is 10.7. The van der Waals surface area contributed by atoms with Crippen molar-refractivity contribution in [1.82, 2.24) is 4.90 Å². The SMILES string of the molecule is O=C(CBr)N1CCCC1c1ccccc1. The first-order valence-electron chi connectivity index (χ1n) is 5.23. The van der Waals surface area contributed by atoms with Crippen LogP contribution in [0.3, 0.4) is 0 Å². The number of alkyl halides is 1. The number of amides is 1. The second kappa shape index (κ2) is 4.79. The molecule has 1 saturated heterocycles. The highest BCUT2D eigenvalue weighted by atomic mass is 79.9. The molecule has 1 atom stereocenters. The van der Waals surface area contributed by atoms with E-state index in [4.69, 9.17) is 0 Å². The van der Waals surface area contributed by atoms with Gasteiger partial charge in [-0.3, -0.25) is 4.79 Å². The molecule has 0 radical (unpaired) electrons. The van der Waals surface area contributed by atoms with Crippen LogP contribution >= 0.6 is 15.9 Å². The fourth-order valence-corrected chi connectivity index (χ4v) is 2.49. The van der Waals surface area contributed by atoms with Crippen LogP contribution in [-0.4, -0.2) is 22.7 Å². The smallest absolute Gasteiger partial charge is 0.233 e. The van der Waals surface area contributed by atoms with Gasteiger partial charge in [0.25, 0.3) is 0 Å². The van der Waals surface area contributed by atoms with E-state index in [1.165, 1.54) is 5.56 Å². The second-order valence-electron chi connectivity index (χ2n) is 3.79. The molecule has 3 heteroatoms. The lowest BCUT2D eigenvalue weighted by molar-refractivity contribution is -0.129. The normalized spacial score (nSPS) is 20.6. The Morgan fingerprint density at radius 2 is 2.13 bits per heavy atom. The van der Waals surface area contributed by atoms with E-state index < -0.39 is 0 Å². The first-order valence-corrected chi connectivity index (χ1v) is 6.35. The van der Waals surface area contributed by atoms with Crippen LogP contribution in [0.4, 0.5) is 0 Å². The van der Waals surface area contributed by atoms with Crippen molar-refractivity contribution >= 4 is 21.8 Å². The summed E-state index contributed by atoms with van der Waals surface area (Å²) in [5.74, 6) is 0.196. The Bertz CT molecular complexity index is 339. The number of likely N-dealkylation sites (tertiary alicyclic amines) is 1. The summed E-state index contributed by atoms with van der Waals surface area (Å²) in [6, 6.07) is 10.6. The second-order valence-corrected chi connectivity index (χ2v) is 4.35. The molecular weight excluding hydrogens is 254 g/mol. The Kier molecular flexibility index (Phi) is 3.41. The van der Waals surface area contributed by atoms with Gasteiger partial charge in [-0.25, -0.2) is 0 Å². The third-order valence-corrected chi connectivity index (χ3v) is 3.35. The van der Waals surface area contributed by atoms with Gasteiger partial charge in [0.1, 0.15) is 0 Å². The molecule has 0 saturated carbocycles. The summed E-state index contributed by atoms with van der Waals surface area (Å²) in [6.07, 6.45) is 2.20. The van der Waals surface area contributed by atoms with E-state index in [-0.39, 0.29) is 11.9 Å². The van der Waals surface area contributed by atoms with Gasteiger partial charge in [-0.05, 0) is 18.4 Å². The molecule has 0 bridgehead atoms. The number of rotatable bonds is 2. The first-order chi connectivity index (χ1) is 7.33. The molecule has 1 unspecified atom stereocenters. The summed E-state index contributed by atoms with van der Waals surface area (Å²) in [5, 5.41) is 0.427. The molecule has 0 spiro atoms. The highest BCUT2D eigenvalue weighted by molar-refractivity contribution is 9.09. The molecule has 0 N–H and O–H groups in total. The molecule has 0 aromatic heterocycles. The van der Waals surface area contributed by atoms with E-state index in [0.29, 0.717) is 5.33 Å². The van der Waals surface area contributed by atoms with Gasteiger partial charge in [0.15, 0.2) is 0 Å². The van der Waals surface area contributed by atoms with Crippen molar-refractivity contribution in [2.75, 3.05) is 11.9 Å². The molecule has 2 nitrogen and oxygen atoms in total. The molecule has 1 aromatic carbocycles. The van der Waals surface area contributed by atoms with E-state index in [0.717, 1.165) is 19.4 Å². The van der Waals surface area contributed by atoms with Crippen LogP contribution in [0.5, 0.6) is 0 Å². The van der Waals surface area contributed by atoms with Gasteiger partial charge in [-0.1, -0.05) is 46.3 Å². The Hall–Kier alpha value is -0.830. The standard InChI is InChI=1S/C12H14BrNO/c13-9-12(15)14-8-4-7-11(14)10-5-2-1-3-6-10/h1-3,5-6,11H,4,7-9H2. The molecule has 1 heterocycles. The van der Waals surface area contributed by atoms with Crippen molar-refractivity contribution in [3.05, 3.63) is 35.9 Å². The zero-order valence-corrected chi connectivity index (χ0v) is 10.1. The average Bonchev–Trinajstić information content (AvgIpc) is 2.78. The van der Waals surface area contributed by atoms with Gasteiger partial charge >= 0.3 is 0 Å². The number of carbonyl (C=O) groups excluding carboxylic acids is 1. The van der Waals surface area contributed by atoms with Crippen molar-refractivity contribution in [3.8, 4) is 0 Å². The molecule has 80 valence electrons. The van der Waals surface area contributed by atoms with Gasteiger partial charge in [-0.15, -0.1) is 0 Å². The Balaban J connectivity index is 2.18. The third kappa shape index (κ3) is 2.23. The van der Waals surface area contributed by atoms with Crippen molar-refractivity contribution in [1.29, 1.82) is 0 Å². The summed E-state index contributed by atoms with van der Waals surface area (Å²) < 4.78 is 0. The van der Waals surface area contributed by atoms with Crippen LogP contribution in [0.25, 0.3) is 0 Å².